The summed E-state index contributed by atoms with van der Waals surface area (Å²) >= 11 is 4.90. The van der Waals surface area contributed by atoms with Gasteiger partial charge in [-0.15, -0.1) is 0 Å². The fourth-order valence-corrected chi connectivity index (χ4v) is 7.27. The van der Waals surface area contributed by atoms with Crippen LogP contribution < -0.4 is 14.9 Å². The molecule has 3 aromatic rings. The molecule has 0 N–H and O–H groups in total. The molecule has 0 saturated carbocycles. The number of aromatic nitrogens is 1. The summed E-state index contributed by atoms with van der Waals surface area (Å²) in [5.41, 5.74) is 4.34. The van der Waals surface area contributed by atoms with Crippen LogP contribution in [0, 0.1) is 6.92 Å². The van der Waals surface area contributed by atoms with Crippen LogP contribution in [0.3, 0.4) is 0 Å². The van der Waals surface area contributed by atoms with Crippen LogP contribution >= 0.6 is 34.9 Å². The van der Waals surface area contributed by atoms with E-state index in [2.05, 4.69) is 63.2 Å². The minimum Gasteiger partial charge on any atom is -0.272 e. The minimum absolute atomic E-state index is 0.0457. The van der Waals surface area contributed by atoms with Crippen LogP contribution in [0.15, 0.2) is 80.3 Å². The van der Waals surface area contributed by atoms with Crippen molar-refractivity contribution in [1.82, 2.24) is 4.57 Å². The standard InChI is InChI=1S/C24H20N2OS3/c1-14-9-11-17(12-10-14)19-13-20(18-7-5-4-6-8-18)26-22(27)21(30-24(26)25-19)23-28-15(2)16(3)29-23/h4-13,20H,1-3H3/t20-/m0/s1. The van der Waals surface area contributed by atoms with Gasteiger partial charge in [-0.25, -0.2) is 4.99 Å². The largest absolute Gasteiger partial charge is 0.272 e. The molecule has 3 nitrogen and oxygen atoms in total. The van der Waals surface area contributed by atoms with E-state index in [1.807, 2.05) is 22.8 Å². The highest BCUT2D eigenvalue weighted by Gasteiger charge is 2.25. The topological polar surface area (TPSA) is 34.4 Å². The molecule has 3 heterocycles. The molecule has 0 saturated heterocycles. The highest BCUT2D eigenvalue weighted by Crippen LogP contribution is 2.48. The zero-order valence-electron chi connectivity index (χ0n) is 16.9. The van der Waals surface area contributed by atoms with Gasteiger partial charge in [0.1, 0.15) is 4.53 Å². The lowest BCUT2D eigenvalue weighted by Gasteiger charge is -2.19. The third kappa shape index (κ3) is 3.43. The lowest BCUT2D eigenvalue weighted by Crippen LogP contribution is -2.36. The van der Waals surface area contributed by atoms with Crippen LogP contribution in [0.2, 0.25) is 0 Å². The molecule has 2 aliphatic rings. The highest BCUT2D eigenvalue weighted by atomic mass is 32.2. The molecule has 5 rings (SSSR count). The number of nitrogens with zero attached hydrogens (tertiary/aromatic N) is 2. The highest BCUT2D eigenvalue weighted by molar-refractivity contribution is 8.35. The van der Waals surface area contributed by atoms with E-state index in [0.29, 0.717) is 0 Å². The third-order valence-electron chi connectivity index (χ3n) is 5.28. The second-order valence-corrected chi connectivity index (χ2v) is 11.1. The molecule has 0 bridgehead atoms. The van der Waals surface area contributed by atoms with Crippen molar-refractivity contribution in [3.8, 4) is 0 Å². The summed E-state index contributed by atoms with van der Waals surface area (Å²) in [5.74, 6) is 0. The van der Waals surface area contributed by atoms with Crippen molar-refractivity contribution in [3.05, 3.63) is 107 Å². The lowest BCUT2D eigenvalue weighted by atomic mass is 10.0. The van der Waals surface area contributed by atoms with Crippen LogP contribution in [0.4, 0.5) is 0 Å². The molecule has 2 aromatic carbocycles. The van der Waals surface area contributed by atoms with Crippen molar-refractivity contribution >= 4 is 44.8 Å². The quantitative estimate of drug-likeness (QED) is 0.535. The first-order chi connectivity index (χ1) is 14.5. The Morgan fingerprint density at radius 1 is 0.900 bits per heavy atom. The molecule has 0 fully saturated rings. The van der Waals surface area contributed by atoms with Gasteiger partial charge in [0.05, 0.1) is 16.0 Å². The lowest BCUT2D eigenvalue weighted by molar-refractivity contribution is 0.644. The number of allylic oxidation sites excluding steroid dienone is 3. The van der Waals surface area contributed by atoms with Gasteiger partial charge in [-0.1, -0.05) is 95.0 Å². The van der Waals surface area contributed by atoms with Crippen molar-refractivity contribution in [3.63, 3.8) is 0 Å². The van der Waals surface area contributed by atoms with Crippen molar-refractivity contribution in [1.29, 1.82) is 0 Å². The monoisotopic (exact) mass is 448 g/mol. The normalized spacial score (nSPS) is 18.3. The first-order valence-corrected chi connectivity index (χ1v) is 12.2. The van der Waals surface area contributed by atoms with E-state index >= 15 is 0 Å². The van der Waals surface area contributed by atoms with Crippen LogP contribution in [-0.2, 0) is 0 Å². The van der Waals surface area contributed by atoms with E-state index in [0.717, 1.165) is 30.4 Å². The average Bonchev–Trinajstić information content (AvgIpc) is 3.27. The number of thiazole rings is 1. The van der Waals surface area contributed by atoms with Crippen molar-refractivity contribution in [2.75, 3.05) is 0 Å². The summed E-state index contributed by atoms with van der Waals surface area (Å²) in [4.78, 5) is 21.7. The van der Waals surface area contributed by atoms with Gasteiger partial charge in [0.2, 0.25) is 0 Å². The Balaban J connectivity index is 1.74. The Hall–Kier alpha value is -2.28. The number of hydrogen-bond acceptors (Lipinski definition) is 5. The van der Waals surface area contributed by atoms with Crippen molar-refractivity contribution in [2.24, 2.45) is 4.99 Å². The molecule has 0 amide bonds. The van der Waals surface area contributed by atoms with Crippen LogP contribution in [0.1, 0.15) is 36.6 Å². The average molecular weight is 449 g/mol. The van der Waals surface area contributed by atoms with Crippen molar-refractivity contribution in [2.45, 2.75) is 26.8 Å². The van der Waals surface area contributed by atoms with Gasteiger partial charge in [-0.05, 0) is 42.2 Å². The smallest absolute Gasteiger partial charge is 0.272 e. The van der Waals surface area contributed by atoms with E-state index in [1.54, 1.807) is 23.5 Å². The van der Waals surface area contributed by atoms with Gasteiger partial charge >= 0.3 is 0 Å². The summed E-state index contributed by atoms with van der Waals surface area (Å²) in [6.45, 7) is 6.30. The Kier molecular flexibility index (Phi) is 5.09. The zero-order valence-corrected chi connectivity index (χ0v) is 19.3. The molecular formula is C24H20N2OS3. The minimum atomic E-state index is -0.167. The summed E-state index contributed by atoms with van der Waals surface area (Å²) in [7, 11) is 0. The first kappa shape index (κ1) is 19.7. The van der Waals surface area contributed by atoms with E-state index in [4.69, 9.17) is 4.99 Å². The number of hydrogen-bond donors (Lipinski definition) is 0. The molecular weight excluding hydrogens is 428 g/mol. The molecule has 30 heavy (non-hydrogen) atoms. The van der Waals surface area contributed by atoms with Crippen LogP contribution in [0.25, 0.3) is 9.93 Å². The maximum Gasteiger partial charge on any atom is 0.272 e. The van der Waals surface area contributed by atoms with Crippen molar-refractivity contribution < 1.29 is 0 Å². The SMILES string of the molecule is CC1=C(C)SC(=c2sc3n(c2=O)[C@H](c2ccccc2)C=C(c2ccc(C)cc2)N=3)S1. The second kappa shape index (κ2) is 7.76. The summed E-state index contributed by atoms with van der Waals surface area (Å²) < 4.78 is 3.71. The molecule has 0 spiro atoms. The van der Waals surface area contributed by atoms with Crippen LogP contribution in [-0.4, -0.2) is 4.57 Å². The number of benzene rings is 2. The Bertz CT molecular complexity index is 1360. The maximum absolute atomic E-state index is 13.5. The number of thioether (sulfide) groups is 2. The van der Waals surface area contributed by atoms with Crippen LogP contribution in [0.5, 0.6) is 0 Å². The summed E-state index contributed by atoms with van der Waals surface area (Å²) in [6.07, 6.45) is 2.11. The molecule has 0 unspecified atom stereocenters. The maximum atomic E-state index is 13.5. The third-order valence-corrected chi connectivity index (χ3v) is 9.23. The first-order valence-electron chi connectivity index (χ1n) is 9.72. The van der Waals surface area contributed by atoms with Gasteiger partial charge in [-0.2, -0.15) is 0 Å². The van der Waals surface area contributed by atoms with Gasteiger partial charge in [0, 0.05) is 5.56 Å². The number of aryl methyl sites for hydroxylation is 1. The fourth-order valence-electron chi connectivity index (χ4n) is 3.51. The van der Waals surface area contributed by atoms with Gasteiger partial charge < -0.3 is 0 Å². The van der Waals surface area contributed by atoms with Gasteiger partial charge in [0.15, 0.2) is 4.80 Å². The zero-order chi connectivity index (χ0) is 20.8. The molecule has 0 aliphatic carbocycles. The number of fused-ring (bicyclic) bond motifs is 1. The molecule has 150 valence electrons. The van der Waals surface area contributed by atoms with E-state index in [-0.39, 0.29) is 11.6 Å². The van der Waals surface area contributed by atoms with Gasteiger partial charge in [0.25, 0.3) is 5.56 Å². The predicted octanol–water partition coefficient (Wildman–Crippen LogP) is 5.28. The summed E-state index contributed by atoms with van der Waals surface area (Å²) in [6, 6.07) is 18.4. The Morgan fingerprint density at radius 3 is 2.23 bits per heavy atom. The molecule has 1 atom stereocenters. The molecule has 2 aliphatic heterocycles. The van der Waals surface area contributed by atoms with E-state index < -0.39 is 0 Å². The Morgan fingerprint density at radius 2 is 1.57 bits per heavy atom. The van der Waals surface area contributed by atoms with E-state index in [9.17, 15) is 4.79 Å². The molecule has 6 heteroatoms. The predicted molar refractivity (Wildman–Crippen MR) is 130 cm³/mol. The number of rotatable bonds is 2. The fraction of sp³-hybridized carbons (Fsp3) is 0.167. The second-order valence-electron chi connectivity index (χ2n) is 7.38. The summed E-state index contributed by atoms with van der Waals surface area (Å²) in [5, 5.41) is 0. The van der Waals surface area contributed by atoms with Gasteiger partial charge in [-0.3, -0.25) is 9.36 Å². The molecule has 1 aromatic heterocycles. The molecule has 0 radical (unpaired) electrons. The Labute approximate surface area is 187 Å². The van der Waals surface area contributed by atoms with E-state index in [1.165, 1.54) is 26.7 Å².